The number of nitrogens with zero attached hydrogens (tertiary/aromatic N) is 1. The first-order valence-corrected chi connectivity index (χ1v) is 6.96. The zero-order valence-electron chi connectivity index (χ0n) is 12.6. The molecule has 1 atom stereocenters. The van der Waals surface area contributed by atoms with Crippen molar-refractivity contribution in [3.63, 3.8) is 0 Å². The molecule has 0 saturated carbocycles. The summed E-state index contributed by atoms with van der Waals surface area (Å²) in [5.41, 5.74) is 0.968. The Morgan fingerprint density at radius 3 is 2.48 bits per heavy atom. The summed E-state index contributed by atoms with van der Waals surface area (Å²) in [6, 6.07) is 13.4. The van der Waals surface area contributed by atoms with Gasteiger partial charge >= 0.3 is 0 Å². The van der Waals surface area contributed by atoms with Gasteiger partial charge in [-0.1, -0.05) is 42.5 Å². The summed E-state index contributed by atoms with van der Waals surface area (Å²) >= 11 is 0. The maximum atomic E-state index is 12.1. The number of nitrogens with one attached hydrogen (secondary N) is 1. The molecule has 2 aromatic rings. The lowest BCUT2D eigenvalue weighted by Crippen LogP contribution is -2.44. The average Bonchev–Trinajstić information content (AvgIpc) is 2.46. The molecule has 0 aliphatic carbocycles. The van der Waals surface area contributed by atoms with Gasteiger partial charge in [-0.15, -0.1) is 0 Å². The third-order valence-corrected chi connectivity index (χ3v) is 3.42. The molecular weight excluding hydrogens is 264 g/mol. The summed E-state index contributed by atoms with van der Waals surface area (Å²) in [6.07, 6.45) is 0.270. The van der Waals surface area contributed by atoms with Gasteiger partial charge in [0.2, 0.25) is 11.8 Å². The minimum atomic E-state index is -0.512. The summed E-state index contributed by atoms with van der Waals surface area (Å²) in [6.45, 7) is 1.70. The van der Waals surface area contributed by atoms with Crippen LogP contribution in [0.15, 0.2) is 42.5 Å². The van der Waals surface area contributed by atoms with Crippen LogP contribution in [0.3, 0.4) is 0 Å². The second kappa shape index (κ2) is 6.39. The first kappa shape index (κ1) is 15.0. The fourth-order valence-corrected chi connectivity index (χ4v) is 2.36. The summed E-state index contributed by atoms with van der Waals surface area (Å²) in [4.78, 5) is 25.3. The Bertz CT molecular complexity index is 659. The molecule has 0 aliphatic rings. The number of rotatable bonds is 4. The van der Waals surface area contributed by atoms with Gasteiger partial charge in [-0.3, -0.25) is 9.59 Å². The monoisotopic (exact) mass is 284 g/mol. The van der Waals surface area contributed by atoms with Crippen molar-refractivity contribution in [2.45, 2.75) is 19.4 Å². The van der Waals surface area contributed by atoms with E-state index in [0.29, 0.717) is 0 Å². The summed E-state index contributed by atoms with van der Waals surface area (Å²) in [7, 11) is 3.35. The number of carbonyl (C=O) groups excluding carboxylic acids is 2. The Hall–Kier alpha value is -2.36. The second-order valence-electron chi connectivity index (χ2n) is 5.34. The molecule has 0 spiro atoms. The van der Waals surface area contributed by atoms with Crippen molar-refractivity contribution < 1.29 is 9.59 Å². The zero-order chi connectivity index (χ0) is 15.4. The first-order chi connectivity index (χ1) is 9.99. The maximum absolute atomic E-state index is 12.1. The number of amides is 2. The van der Waals surface area contributed by atoms with Crippen LogP contribution in [0.2, 0.25) is 0 Å². The van der Waals surface area contributed by atoms with Crippen LogP contribution < -0.4 is 5.32 Å². The highest BCUT2D eigenvalue weighted by Crippen LogP contribution is 2.18. The molecule has 1 N–H and O–H groups in total. The minimum Gasteiger partial charge on any atom is -0.347 e. The van der Waals surface area contributed by atoms with Crippen molar-refractivity contribution >= 4 is 22.6 Å². The van der Waals surface area contributed by atoms with Crippen molar-refractivity contribution in [1.29, 1.82) is 0 Å². The predicted molar refractivity (Wildman–Crippen MR) is 84.0 cm³/mol. The molecule has 110 valence electrons. The Morgan fingerprint density at radius 2 is 1.76 bits per heavy atom. The molecule has 0 aliphatic heterocycles. The number of hydrogen-bond acceptors (Lipinski definition) is 2. The number of benzene rings is 2. The molecule has 4 nitrogen and oxygen atoms in total. The van der Waals surface area contributed by atoms with Crippen LogP contribution in [0.25, 0.3) is 10.8 Å². The Kier molecular flexibility index (Phi) is 4.58. The normalized spacial score (nSPS) is 12.0. The van der Waals surface area contributed by atoms with Crippen LogP contribution >= 0.6 is 0 Å². The van der Waals surface area contributed by atoms with Gasteiger partial charge in [-0.05, 0) is 23.3 Å². The minimum absolute atomic E-state index is 0.110. The highest BCUT2D eigenvalue weighted by molar-refractivity contribution is 5.92. The molecule has 2 amide bonds. The third kappa shape index (κ3) is 3.60. The van der Waals surface area contributed by atoms with Crippen LogP contribution in [0.5, 0.6) is 0 Å². The molecule has 2 aromatic carbocycles. The van der Waals surface area contributed by atoms with Crippen LogP contribution in [-0.4, -0.2) is 36.9 Å². The maximum Gasteiger partial charge on any atom is 0.244 e. The Labute approximate surface area is 124 Å². The predicted octanol–water partition coefficient (Wildman–Crippen LogP) is 1.98. The molecule has 0 bridgehead atoms. The van der Waals surface area contributed by atoms with Crippen LogP contribution in [0.4, 0.5) is 0 Å². The van der Waals surface area contributed by atoms with E-state index in [1.807, 2.05) is 42.5 Å². The lowest BCUT2D eigenvalue weighted by Gasteiger charge is -2.18. The van der Waals surface area contributed by atoms with Crippen LogP contribution in [-0.2, 0) is 16.0 Å². The van der Waals surface area contributed by atoms with Gasteiger partial charge < -0.3 is 10.2 Å². The lowest BCUT2D eigenvalue weighted by atomic mass is 10.0. The molecule has 0 heterocycles. The van der Waals surface area contributed by atoms with E-state index in [0.717, 1.165) is 16.3 Å². The van der Waals surface area contributed by atoms with Crippen molar-refractivity contribution in [2.75, 3.05) is 14.1 Å². The average molecular weight is 284 g/mol. The SMILES string of the molecule is CC(NC(=O)Cc1cccc2ccccc12)C(=O)N(C)C. The zero-order valence-corrected chi connectivity index (χ0v) is 12.6. The molecular formula is C17H20N2O2. The second-order valence-corrected chi connectivity index (χ2v) is 5.34. The van der Waals surface area contributed by atoms with Crippen molar-refractivity contribution in [3.05, 3.63) is 48.0 Å². The highest BCUT2D eigenvalue weighted by Gasteiger charge is 2.17. The largest absolute Gasteiger partial charge is 0.347 e. The number of likely N-dealkylation sites (N-methyl/N-ethyl adjacent to an activating group) is 1. The number of fused-ring (bicyclic) bond motifs is 1. The van der Waals surface area contributed by atoms with E-state index < -0.39 is 6.04 Å². The van der Waals surface area contributed by atoms with Gasteiger partial charge in [-0.25, -0.2) is 0 Å². The van der Waals surface area contributed by atoms with Crippen LogP contribution in [0, 0.1) is 0 Å². The summed E-state index contributed by atoms with van der Waals surface area (Å²) in [5, 5.41) is 4.93. The van der Waals surface area contributed by atoms with Gasteiger partial charge in [0.25, 0.3) is 0 Å². The van der Waals surface area contributed by atoms with Crippen molar-refractivity contribution in [3.8, 4) is 0 Å². The van der Waals surface area contributed by atoms with E-state index >= 15 is 0 Å². The molecule has 0 saturated heterocycles. The van der Waals surface area contributed by atoms with E-state index in [1.165, 1.54) is 4.90 Å². The third-order valence-electron chi connectivity index (χ3n) is 3.42. The van der Waals surface area contributed by atoms with Crippen LogP contribution in [0.1, 0.15) is 12.5 Å². The molecule has 0 fully saturated rings. The number of hydrogen-bond donors (Lipinski definition) is 1. The van der Waals surface area contributed by atoms with E-state index in [1.54, 1.807) is 21.0 Å². The molecule has 0 aromatic heterocycles. The van der Waals surface area contributed by atoms with Crippen molar-refractivity contribution in [1.82, 2.24) is 10.2 Å². The van der Waals surface area contributed by atoms with Crippen molar-refractivity contribution in [2.24, 2.45) is 0 Å². The standard InChI is InChI=1S/C17H20N2O2/c1-12(17(21)19(2)3)18-16(20)11-14-9-6-8-13-7-4-5-10-15(13)14/h4-10,12H,11H2,1-3H3,(H,18,20). The first-order valence-electron chi connectivity index (χ1n) is 6.96. The van der Waals surface area contributed by atoms with Gasteiger partial charge in [0.15, 0.2) is 0 Å². The summed E-state index contributed by atoms with van der Waals surface area (Å²) in [5.74, 6) is -0.254. The lowest BCUT2D eigenvalue weighted by molar-refractivity contribution is -0.133. The molecule has 2 rings (SSSR count). The molecule has 4 heteroatoms. The van der Waals surface area contributed by atoms with E-state index in [2.05, 4.69) is 5.32 Å². The number of carbonyl (C=O) groups is 2. The van der Waals surface area contributed by atoms with E-state index in [-0.39, 0.29) is 18.2 Å². The Balaban J connectivity index is 2.10. The van der Waals surface area contributed by atoms with Gasteiger partial charge in [-0.2, -0.15) is 0 Å². The topological polar surface area (TPSA) is 49.4 Å². The smallest absolute Gasteiger partial charge is 0.244 e. The van der Waals surface area contributed by atoms with E-state index in [9.17, 15) is 9.59 Å². The van der Waals surface area contributed by atoms with Gasteiger partial charge in [0.1, 0.15) is 6.04 Å². The van der Waals surface area contributed by atoms with Gasteiger partial charge in [0, 0.05) is 14.1 Å². The summed E-state index contributed by atoms with van der Waals surface area (Å²) < 4.78 is 0. The van der Waals surface area contributed by atoms with E-state index in [4.69, 9.17) is 0 Å². The quantitative estimate of drug-likeness (QED) is 0.933. The fraction of sp³-hybridized carbons (Fsp3) is 0.294. The molecule has 21 heavy (non-hydrogen) atoms. The fourth-order valence-electron chi connectivity index (χ4n) is 2.36. The Morgan fingerprint density at radius 1 is 1.10 bits per heavy atom. The highest BCUT2D eigenvalue weighted by atomic mass is 16.2. The molecule has 0 radical (unpaired) electrons. The molecule has 1 unspecified atom stereocenters. The van der Waals surface area contributed by atoms with Gasteiger partial charge in [0.05, 0.1) is 6.42 Å².